The van der Waals surface area contributed by atoms with Gasteiger partial charge < -0.3 is 16.0 Å². The largest absolute Gasteiger partial charge is 0.323 e. The number of carbonyl (C=O) groups is 2. The summed E-state index contributed by atoms with van der Waals surface area (Å²) in [7, 11) is 0. The number of hydrogen-bond acceptors (Lipinski definition) is 3. The van der Waals surface area contributed by atoms with Crippen molar-refractivity contribution in [2.45, 2.75) is 6.54 Å². The molecule has 1 aromatic heterocycles. The zero-order chi connectivity index (χ0) is 21.5. The molecular weight excluding hydrogens is 390 g/mol. The number of hydrogen-bond donors (Lipinski definition) is 3. The van der Waals surface area contributed by atoms with Crippen LogP contribution in [-0.4, -0.2) is 21.7 Å². The summed E-state index contributed by atoms with van der Waals surface area (Å²) in [5.74, 6) is -0.225. The number of rotatable bonds is 6. The van der Waals surface area contributed by atoms with Gasteiger partial charge in [-0.05, 0) is 54.1 Å². The SMILES string of the molecule is O=C(Nc1ccccc1)Nc1cccc(NC(=O)c2ccc(Cn3cccn3)cc2)c1. The highest BCUT2D eigenvalue weighted by Gasteiger charge is 2.08. The van der Waals surface area contributed by atoms with Crippen LogP contribution < -0.4 is 16.0 Å². The van der Waals surface area contributed by atoms with Gasteiger partial charge in [0.05, 0.1) is 6.54 Å². The van der Waals surface area contributed by atoms with E-state index >= 15 is 0 Å². The molecule has 0 aliphatic heterocycles. The van der Waals surface area contributed by atoms with Crippen molar-refractivity contribution in [2.24, 2.45) is 0 Å². The first-order chi connectivity index (χ1) is 15.2. The van der Waals surface area contributed by atoms with Gasteiger partial charge in [-0.3, -0.25) is 9.48 Å². The molecule has 0 saturated heterocycles. The van der Waals surface area contributed by atoms with Crippen LogP contribution in [0.4, 0.5) is 21.9 Å². The standard InChI is InChI=1S/C24H21N5O2/c30-23(19-12-10-18(11-13-19)17-29-15-5-14-25-29)26-21-8-4-9-22(16-21)28-24(31)27-20-6-2-1-3-7-20/h1-16H,17H2,(H,26,30)(H2,27,28,31). The molecule has 31 heavy (non-hydrogen) atoms. The van der Waals surface area contributed by atoms with E-state index in [0.717, 1.165) is 5.56 Å². The third-order valence-corrected chi connectivity index (χ3v) is 4.53. The van der Waals surface area contributed by atoms with E-state index in [1.165, 1.54) is 0 Å². The highest BCUT2D eigenvalue weighted by atomic mass is 16.2. The fraction of sp³-hybridized carbons (Fsp3) is 0.0417. The van der Waals surface area contributed by atoms with Crippen LogP contribution in [0.15, 0.2) is 97.3 Å². The van der Waals surface area contributed by atoms with Crippen LogP contribution in [0.1, 0.15) is 15.9 Å². The summed E-state index contributed by atoms with van der Waals surface area (Å²) < 4.78 is 1.82. The van der Waals surface area contributed by atoms with Crippen molar-refractivity contribution in [3.63, 3.8) is 0 Å². The first kappa shape index (κ1) is 19.9. The van der Waals surface area contributed by atoms with E-state index in [2.05, 4.69) is 21.0 Å². The predicted octanol–water partition coefficient (Wildman–Crippen LogP) is 4.83. The van der Waals surface area contributed by atoms with Crippen LogP contribution in [0.25, 0.3) is 0 Å². The number of nitrogens with one attached hydrogen (secondary N) is 3. The van der Waals surface area contributed by atoms with E-state index in [1.54, 1.807) is 54.7 Å². The van der Waals surface area contributed by atoms with Crippen LogP contribution in [0.2, 0.25) is 0 Å². The fourth-order valence-electron chi connectivity index (χ4n) is 3.04. The molecule has 7 nitrogen and oxygen atoms in total. The molecule has 7 heteroatoms. The Morgan fingerprint density at radius 1 is 0.742 bits per heavy atom. The quantitative estimate of drug-likeness (QED) is 0.425. The van der Waals surface area contributed by atoms with Gasteiger partial charge in [-0.15, -0.1) is 0 Å². The van der Waals surface area contributed by atoms with Crippen molar-refractivity contribution >= 4 is 29.0 Å². The molecule has 154 valence electrons. The molecule has 0 aliphatic carbocycles. The molecule has 0 bridgehead atoms. The molecule has 3 amide bonds. The first-order valence-electron chi connectivity index (χ1n) is 9.76. The topological polar surface area (TPSA) is 88.0 Å². The van der Waals surface area contributed by atoms with Gasteiger partial charge in [0.1, 0.15) is 0 Å². The monoisotopic (exact) mass is 411 g/mol. The molecule has 0 unspecified atom stereocenters. The van der Waals surface area contributed by atoms with Crippen LogP contribution >= 0.6 is 0 Å². The average Bonchev–Trinajstić information content (AvgIpc) is 3.28. The van der Waals surface area contributed by atoms with Crippen LogP contribution in [-0.2, 0) is 6.54 Å². The van der Waals surface area contributed by atoms with E-state index in [-0.39, 0.29) is 11.9 Å². The minimum absolute atomic E-state index is 0.225. The Balaban J connectivity index is 1.35. The van der Waals surface area contributed by atoms with E-state index in [4.69, 9.17) is 0 Å². The number of benzene rings is 3. The van der Waals surface area contributed by atoms with Crippen molar-refractivity contribution in [1.29, 1.82) is 0 Å². The van der Waals surface area contributed by atoms with E-state index < -0.39 is 0 Å². The van der Waals surface area contributed by atoms with Gasteiger partial charge in [-0.25, -0.2) is 4.79 Å². The first-order valence-corrected chi connectivity index (χ1v) is 9.76. The van der Waals surface area contributed by atoms with Gasteiger partial charge in [0.15, 0.2) is 0 Å². The van der Waals surface area contributed by atoms with Crippen LogP contribution in [0.3, 0.4) is 0 Å². The smallest absolute Gasteiger partial charge is 0.322 e. The van der Waals surface area contributed by atoms with Crippen molar-refractivity contribution in [3.05, 3.63) is 108 Å². The van der Waals surface area contributed by atoms with E-state index in [9.17, 15) is 9.59 Å². The van der Waals surface area contributed by atoms with Gasteiger partial charge in [0.25, 0.3) is 5.91 Å². The number of aromatic nitrogens is 2. The van der Waals surface area contributed by atoms with Crippen molar-refractivity contribution in [1.82, 2.24) is 9.78 Å². The summed E-state index contributed by atoms with van der Waals surface area (Å²) in [6.45, 7) is 0.646. The summed E-state index contributed by atoms with van der Waals surface area (Å²) in [6.07, 6.45) is 3.62. The highest BCUT2D eigenvalue weighted by Crippen LogP contribution is 2.17. The third kappa shape index (κ3) is 5.57. The van der Waals surface area contributed by atoms with Crippen molar-refractivity contribution in [3.8, 4) is 0 Å². The predicted molar refractivity (Wildman–Crippen MR) is 121 cm³/mol. The van der Waals surface area contributed by atoms with Crippen LogP contribution in [0, 0.1) is 0 Å². The Bertz CT molecular complexity index is 1160. The summed E-state index contributed by atoms with van der Waals surface area (Å²) in [5, 5.41) is 12.6. The normalized spacial score (nSPS) is 10.3. The molecule has 3 N–H and O–H groups in total. The summed E-state index contributed by atoms with van der Waals surface area (Å²) in [5.41, 5.74) is 3.45. The summed E-state index contributed by atoms with van der Waals surface area (Å²) >= 11 is 0. The van der Waals surface area contributed by atoms with Gasteiger partial charge in [0, 0.05) is 35.0 Å². The van der Waals surface area contributed by atoms with E-state index in [0.29, 0.717) is 29.2 Å². The molecule has 4 rings (SSSR count). The molecule has 0 atom stereocenters. The molecule has 0 radical (unpaired) electrons. The number of urea groups is 1. The lowest BCUT2D eigenvalue weighted by atomic mass is 10.1. The number of carbonyl (C=O) groups excluding carboxylic acids is 2. The molecular formula is C24H21N5O2. The second-order valence-electron chi connectivity index (χ2n) is 6.88. The maximum Gasteiger partial charge on any atom is 0.323 e. The van der Waals surface area contributed by atoms with Crippen LogP contribution in [0.5, 0.6) is 0 Å². The number of anilines is 3. The highest BCUT2D eigenvalue weighted by molar-refractivity contribution is 6.05. The lowest BCUT2D eigenvalue weighted by Gasteiger charge is -2.10. The number of nitrogens with zero attached hydrogens (tertiary/aromatic N) is 2. The molecule has 0 spiro atoms. The maximum absolute atomic E-state index is 12.6. The van der Waals surface area contributed by atoms with Crippen molar-refractivity contribution in [2.75, 3.05) is 16.0 Å². The second-order valence-corrected chi connectivity index (χ2v) is 6.88. The second kappa shape index (κ2) is 9.41. The molecule has 1 heterocycles. The summed E-state index contributed by atoms with van der Waals surface area (Å²) in [4.78, 5) is 24.8. The Morgan fingerprint density at radius 3 is 2.13 bits per heavy atom. The lowest BCUT2D eigenvalue weighted by Crippen LogP contribution is -2.19. The average molecular weight is 411 g/mol. The summed E-state index contributed by atoms with van der Waals surface area (Å²) in [6, 6.07) is 25.0. The Morgan fingerprint density at radius 2 is 1.42 bits per heavy atom. The van der Waals surface area contributed by atoms with Gasteiger partial charge in [0.2, 0.25) is 0 Å². The minimum atomic E-state index is -0.359. The lowest BCUT2D eigenvalue weighted by molar-refractivity contribution is 0.102. The number of para-hydroxylation sites is 1. The Kier molecular flexibility index (Phi) is 6.04. The fourth-order valence-corrected chi connectivity index (χ4v) is 3.04. The molecule has 4 aromatic rings. The molecule has 0 aliphatic rings. The zero-order valence-corrected chi connectivity index (χ0v) is 16.7. The zero-order valence-electron chi connectivity index (χ0n) is 16.7. The number of amides is 3. The minimum Gasteiger partial charge on any atom is -0.322 e. The molecule has 0 fully saturated rings. The van der Waals surface area contributed by atoms with Gasteiger partial charge >= 0.3 is 6.03 Å². The van der Waals surface area contributed by atoms with Crippen molar-refractivity contribution < 1.29 is 9.59 Å². The molecule has 0 saturated carbocycles. The van der Waals surface area contributed by atoms with E-state index in [1.807, 2.05) is 47.3 Å². The Labute approximate surface area is 179 Å². The van der Waals surface area contributed by atoms with Gasteiger partial charge in [-0.1, -0.05) is 36.4 Å². The van der Waals surface area contributed by atoms with Gasteiger partial charge in [-0.2, -0.15) is 5.10 Å². The maximum atomic E-state index is 12.6. The Hall–Kier alpha value is -4.39. The third-order valence-electron chi connectivity index (χ3n) is 4.53. The molecule has 3 aromatic carbocycles.